The molecular formula is C8H10N2O5S. The average molecular weight is 246 g/mol. The summed E-state index contributed by atoms with van der Waals surface area (Å²) in [6.07, 6.45) is 0. The molecule has 7 nitrogen and oxygen atoms in total. The number of hydrogen-bond donors (Lipinski definition) is 0. The molecule has 0 aliphatic carbocycles. The number of nitrogens with zero attached hydrogens (tertiary/aromatic N) is 2. The number of hydrogen-bond acceptors (Lipinski definition) is 5. The van der Waals surface area contributed by atoms with Crippen molar-refractivity contribution >= 4 is 16.0 Å². The van der Waals surface area contributed by atoms with Crippen molar-refractivity contribution in [1.82, 2.24) is 4.31 Å². The van der Waals surface area contributed by atoms with Crippen LogP contribution in [-0.2, 0) is 10.3 Å². The van der Waals surface area contributed by atoms with Gasteiger partial charge in [-0.25, -0.2) is 0 Å². The molecule has 0 radical (unpaired) electrons. The topological polar surface area (TPSA) is 89.8 Å². The summed E-state index contributed by atoms with van der Waals surface area (Å²) in [4.78, 5) is 9.81. The van der Waals surface area contributed by atoms with Gasteiger partial charge in [0.2, 0.25) is 0 Å². The third-order valence-corrected chi connectivity index (χ3v) is 2.97. The first-order valence-electron chi connectivity index (χ1n) is 4.19. The van der Waals surface area contributed by atoms with E-state index < -0.39 is 15.2 Å². The van der Waals surface area contributed by atoms with E-state index >= 15 is 0 Å². The van der Waals surface area contributed by atoms with Crippen molar-refractivity contribution in [1.29, 1.82) is 0 Å². The Kier molecular flexibility index (Phi) is 3.45. The van der Waals surface area contributed by atoms with Crippen LogP contribution < -0.4 is 4.18 Å². The van der Waals surface area contributed by atoms with Crippen molar-refractivity contribution in [2.24, 2.45) is 0 Å². The summed E-state index contributed by atoms with van der Waals surface area (Å²) >= 11 is 0. The van der Waals surface area contributed by atoms with E-state index in [0.717, 1.165) is 10.4 Å². The van der Waals surface area contributed by atoms with Gasteiger partial charge in [0.25, 0.3) is 5.69 Å². The van der Waals surface area contributed by atoms with E-state index in [1.54, 1.807) is 0 Å². The summed E-state index contributed by atoms with van der Waals surface area (Å²) in [7, 11) is -1.29. The quantitative estimate of drug-likeness (QED) is 0.578. The molecule has 0 spiro atoms. The molecule has 0 unspecified atom stereocenters. The van der Waals surface area contributed by atoms with E-state index in [0.29, 0.717) is 0 Å². The van der Waals surface area contributed by atoms with Crippen LogP contribution in [0.1, 0.15) is 0 Å². The minimum absolute atomic E-state index is 0.0945. The minimum Gasteiger partial charge on any atom is -0.370 e. The maximum absolute atomic E-state index is 11.3. The van der Waals surface area contributed by atoms with E-state index in [9.17, 15) is 18.5 Å². The minimum atomic E-state index is -3.88. The van der Waals surface area contributed by atoms with Gasteiger partial charge in [-0.15, -0.1) is 0 Å². The highest BCUT2D eigenvalue weighted by molar-refractivity contribution is 7.84. The van der Waals surface area contributed by atoms with Crippen LogP contribution >= 0.6 is 0 Å². The largest absolute Gasteiger partial charge is 0.384 e. The van der Waals surface area contributed by atoms with Crippen LogP contribution in [0, 0.1) is 10.1 Å². The van der Waals surface area contributed by atoms with Gasteiger partial charge in [-0.3, -0.25) is 10.1 Å². The van der Waals surface area contributed by atoms with Crippen LogP contribution in [-0.4, -0.2) is 31.7 Å². The predicted octanol–water partition coefficient (Wildman–Crippen LogP) is 0.780. The first kappa shape index (κ1) is 12.4. The van der Waals surface area contributed by atoms with Gasteiger partial charge in [-0.1, -0.05) is 6.07 Å². The predicted molar refractivity (Wildman–Crippen MR) is 56.3 cm³/mol. The second kappa shape index (κ2) is 4.45. The van der Waals surface area contributed by atoms with Gasteiger partial charge in [0, 0.05) is 20.2 Å². The maximum Gasteiger partial charge on any atom is 0.384 e. The van der Waals surface area contributed by atoms with Gasteiger partial charge < -0.3 is 4.18 Å². The van der Waals surface area contributed by atoms with Gasteiger partial charge in [-0.05, 0) is 6.07 Å². The average Bonchev–Trinajstić information content (AvgIpc) is 2.17. The molecule has 0 bridgehead atoms. The van der Waals surface area contributed by atoms with E-state index in [2.05, 4.69) is 4.18 Å². The van der Waals surface area contributed by atoms with Gasteiger partial charge in [-0.2, -0.15) is 12.7 Å². The standard InChI is InChI=1S/C8H10N2O5S/c1-9(2)16(13,14)15-8-5-3-4-7(6-8)10(11)12/h3-6H,1-2H3. The molecule has 0 saturated heterocycles. The summed E-state index contributed by atoms with van der Waals surface area (Å²) < 4.78 is 28.1. The number of benzene rings is 1. The van der Waals surface area contributed by atoms with Crippen LogP contribution in [0.2, 0.25) is 0 Å². The van der Waals surface area contributed by atoms with Crippen LogP contribution in [0.5, 0.6) is 5.75 Å². The molecule has 0 amide bonds. The number of nitro benzene ring substituents is 1. The zero-order valence-corrected chi connectivity index (χ0v) is 9.47. The van der Waals surface area contributed by atoms with E-state index in [4.69, 9.17) is 0 Å². The molecule has 16 heavy (non-hydrogen) atoms. The summed E-state index contributed by atoms with van der Waals surface area (Å²) in [5, 5.41) is 10.4. The summed E-state index contributed by atoms with van der Waals surface area (Å²) in [5.74, 6) is -0.0945. The Hall–Kier alpha value is -1.67. The van der Waals surface area contributed by atoms with Crippen molar-refractivity contribution < 1.29 is 17.5 Å². The summed E-state index contributed by atoms with van der Waals surface area (Å²) in [6.45, 7) is 0. The Morgan fingerprint density at radius 3 is 2.50 bits per heavy atom. The lowest BCUT2D eigenvalue weighted by molar-refractivity contribution is -0.384. The number of rotatable bonds is 4. The summed E-state index contributed by atoms with van der Waals surface area (Å²) in [6, 6.07) is 4.96. The lowest BCUT2D eigenvalue weighted by Gasteiger charge is -2.11. The second-order valence-corrected chi connectivity index (χ2v) is 4.83. The molecule has 1 rings (SSSR count). The van der Waals surface area contributed by atoms with Crippen LogP contribution in [0.4, 0.5) is 5.69 Å². The molecule has 0 aromatic heterocycles. The fourth-order valence-electron chi connectivity index (χ4n) is 0.845. The van der Waals surface area contributed by atoms with Gasteiger partial charge in [0.1, 0.15) is 0 Å². The van der Waals surface area contributed by atoms with Gasteiger partial charge >= 0.3 is 10.3 Å². The molecule has 1 aromatic carbocycles. The molecular weight excluding hydrogens is 236 g/mol. The second-order valence-electron chi connectivity index (χ2n) is 3.08. The Balaban J connectivity index is 2.99. The summed E-state index contributed by atoms with van der Waals surface area (Å²) in [5.41, 5.74) is -0.230. The van der Waals surface area contributed by atoms with Crippen LogP contribution in [0.25, 0.3) is 0 Å². The zero-order valence-electron chi connectivity index (χ0n) is 8.65. The molecule has 0 saturated carbocycles. The third kappa shape index (κ3) is 2.91. The highest BCUT2D eigenvalue weighted by Crippen LogP contribution is 2.20. The molecule has 8 heteroatoms. The van der Waals surface area contributed by atoms with Crippen LogP contribution in [0.3, 0.4) is 0 Å². The van der Waals surface area contributed by atoms with Crippen molar-refractivity contribution in [3.63, 3.8) is 0 Å². The Morgan fingerprint density at radius 1 is 1.38 bits per heavy atom. The number of non-ortho nitro benzene ring substituents is 1. The highest BCUT2D eigenvalue weighted by atomic mass is 32.2. The maximum atomic E-state index is 11.3. The normalized spacial score (nSPS) is 11.4. The van der Waals surface area contributed by atoms with Gasteiger partial charge in [0.05, 0.1) is 11.0 Å². The first-order valence-corrected chi connectivity index (χ1v) is 5.56. The van der Waals surface area contributed by atoms with E-state index in [1.165, 1.54) is 32.3 Å². The molecule has 0 aliphatic heterocycles. The molecule has 0 atom stereocenters. The molecule has 1 aromatic rings. The molecule has 0 fully saturated rings. The molecule has 0 heterocycles. The smallest absolute Gasteiger partial charge is 0.370 e. The van der Waals surface area contributed by atoms with Crippen molar-refractivity contribution in [3.05, 3.63) is 34.4 Å². The SMILES string of the molecule is CN(C)S(=O)(=O)Oc1cccc([N+](=O)[O-])c1. The Bertz CT molecular complexity index is 497. The van der Waals surface area contributed by atoms with E-state index in [-0.39, 0.29) is 11.4 Å². The molecule has 0 N–H and O–H groups in total. The zero-order chi connectivity index (χ0) is 12.3. The third-order valence-electron chi connectivity index (χ3n) is 1.68. The lowest BCUT2D eigenvalue weighted by Crippen LogP contribution is -2.27. The lowest BCUT2D eigenvalue weighted by atomic mass is 10.3. The Morgan fingerprint density at radius 2 is 2.00 bits per heavy atom. The Labute approximate surface area is 92.7 Å². The molecule has 88 valence electrons. The van der Waals surface area contributed by atoms with Crippen molar-refractivity contribution in [2.75, 3.05) is 14.1 Å². The fourth-order valence-corrected chi connectivity index (χ4v) is 1.34. The van der Waals surface area contributed by atoms with Crippen molar-refractivity contribution in [2.45, 2.75) is 0 Å². The highest BCUT2D eigenvalue weighted by Gasteiger charge is 2.17. The van der Waals surface area contributed by atoms with Crippen molar-refractivity contribution in [3.8, 4) is 5.75 Å². The van der Waals surface area contributed by atoms with Crippen LogP contribution in [0.15, 0.2) is 24.3 Å². The number of nitro groups is 1. The first-order chi connectivity index (χ1) is 7.33. The van der Waals surface area contributed by atoms with E-state index in [1.807, 2.05) is 0 Å². The monoisotopic (exact) mass is 246 g/mol. The van der Waals surface area contributed by atoms with Gasteiger partial charge in [0.15, 0.2) is 5.75 Å². The molecule has 0 aliphatic rings. The fraction of sp³-hybridized carbons (Fsp3) is 0.250.